The van der Waals surface area contributed by atoms with Crippen LogP contribution >= 0.6 is 0 Å². The lowest BCUT2D eigenvalue weighted by molar-refractivity contribution is -0.403. The summed E-state index contributed by atoms with van der Waals surface area (Å²) in [5.41, 5.74) is 6.94. The van der Waals surface area contributed by atoms with Crippen LogP contribution in [0.5, 0.6) is 0 Å². The van der Waals surface area contributed by atoms with Crippen LogP contribution < -0.4 is 11.1 Å². The van der Waals surface area contributed by atoms with Crippen molar-refractivity contribution in [3.05, 3.63) is 22.1 Å². The van der Waals surface area contributed by atoms with Crippen LogP contribution in [-0.2, 0) is 0 Å². The maximum atomic E-state index is 9.76. The second kappa shape index (κ2) is 3.71. The Morgan fingerprint density at radius 1 is 1.80 bits per heavy atom. The summed E-state index contributed by atoms with van der Waals surface area (Å²) in [4.78, 5) is 9.11. The molecule has 10 heavy (non-hydrogen) atoms. The van der Waals surface area contributed by atoms with Crippen LogP contribution in [0.1, 0.15) is 13.8 Å². The topological polar surface area (TPSA) is 79.0 Å². The van der Waals surface area contributed by atoms with Gasteiger partial charge in [-0.15, -0.1) is 0 Å². The lowest BCUT2D eigenvalue weighted by Crippen LogP contribution is -2.23. The molecule has 0 bridgehead atoms. The van der Waals surface area contributed by atoms with Crippen molar-refractivity contribution in [3.8, 4) is 0 Å². The van der Waals surface area contributed by atoms with Gasteiger partial charge in [0, 0.05) is 6.04 Å². The van der Waals surface area contributed by atoms with Crippen LogP contribution in [0.2, 0.25) is 0 Å². The van der Waals surface area contributed by atoms with E-state index in [-0.39, 0.29) is 11.9 Å². The van der Waals surface area contributed by atoms with Gasteiger partial charge in [-0.1, -0.05) is 0 Å². The van der Waals surface area contributed by atoms with Gasteiger partial charge in [0.2, 0.25) is 0 Å². The SMILES string of the molecule is CC(C)N/C([NH])=C/[N+](=O)[O-]. The first kappa shape index (κ1) is 8.74. The van der Waals surface area contributed by atoms with Crippen molar-refractivity contribution < 1.29 is 4.92 Å². The largest absolute Gasteiger partial charge is 0.363 e. The zero-order valence-electron chi connectivity index (χ0n) is 5.92. The Hall–Kier alpha value is -1.26. The highest BCUT2D eigenvalue weighted by Crippen LogP contribution is 1.84. The van der Waals surface area contributed by atoms with Crippen molar-refractivity contribution in [2.24, 2.45) is 0 Å². The van der Waals surface area contributed by atoms with Gasteiger partial charge in [-0.3, -0.25) is 15.8 Å². The monoisotopic (exact) mass is 144 g/mol. The molecule has 0 aliphatic carbocycles. The summed E-state index contributed by atoms with van der Waals surface area (Å²) in [5, 5.41) is 12.3. The van der Waals surface area contributed by atoms with Crippen molar-refractivity contribution >= 4 is 0 Å². The van der Waals surface area contributed by atoms with Crippen LogP contribution in [0, 0.1) is 10.1 Å². The predicted molar refractivity (Wildman–Crippen MR) is 36.4 cm³/mol. The Kier molecular flexibility index (Phi) is 3.24. The van der Waals surface area contributed by atoms with Crippen molar-refractivity contribution in [2.45, 2.75) is 19.9 Å². The molecule has 0 saturated heterocycles. The zero-order valence-corrected chi connectivity index (χ0v) is 5.92. The molecule has 0 aromatic heterocycles. The van der Waals surface area contributed by atoms with Gasteiger partial charge < -0.3 is 5.32 Å². The average Bonchev–Trinajstić information content (AvgIpc) is 1.58. The Bertz CT molecular complexity index is 153. The third-order valence-electron chi connectivity index (χ3n) is 0.679. The van der Waals surface area contributed by atoms with E-state index in [0.29, 0.717) is 6.20 Å². The molecule has 0 heterocycles. The Morgan fingerprint density at radius 3 is 2.60 bits per heavy atom. The molecule has 0 amide bonds. The first-order valence-electron chi connectivity index (χ1n) is 2.86. The van der Waals surface area contributed by atoms with Crippen molar-refractivity contribution in [3.63, 3.8) is 0 Å². The van der Waals surface area contributed by atoms with Gasteiger partial charge in [-0.25, -0.2) is 0 Å². The number of rotatable bonds is 3. The summed E-state index contributed by atoms with van der Waals surface area (Å²) < 4.78 is 0. The third kappa shape index (κ3) is 4.89. The summed E-state index contributed by atoms with van der Waals surface area (Å²) in [6.07, 6.45) is 0.625. The van der Waals surface area contributed by atoms with E-state index in [1.807, 2.05) is 13.8 Å². The Morgan fingerprint density at radius 2 is 2.30 bits per heavy atom. The van der Waals surface area contributed by atoms with Crippen molar-refractivity contribution in [1.82, 2.24) is 11.1 Å². The van der Waals surface area contributed by atoms with Crippen molar-refractivity contribution in [1.29, 1.82) is 0 Å². The molecule has 0 fully saturated rings. The minimum Gasteiger partial charge on any atom is -0.363 e. The van der Waals surface area contributed by atoms with E-state index in [2.05, 4.69) is 5.32 Å². The maximum Gasteiger partial charge on any atom is 0.275 e. The number of hydrogen-bond donors (Lipinski definition) is 1. The van der Waals surface area contributed by atoms with Gasteiger partial charge >= 0.3 is 0 Å². The minimum atomic E-state index is -0.655. The highest BCUT2D eigenvalue weighted by Gasteiger charge is 1.98. The molecule has 1 radical (unpaired) electrons. The summed E-state index contributed by atoms with van der Waals surface area (Å²) in [6, 6.07) is 0.0590. The molecule has 5 heteroatoms. The standard InChI is InChI=1S/C5H10N3O2/c1-4(2)7-5(6)3-8(9)10/h3-4,6-7H,1-2H3/b5-3+. The Balaban J connectivity index is 3.83. The molecular weight excluding hydrogens is 134 g/mol. The first-order chi connectivity index (χ1) is 4.52. The molecule has 0 aromatic rings. The van der Waals surface area contributed by atoms with E-state index in [0.717, 1.165) is 0 Å². The minimum absolute atomic E-state index is 0.0590. The number of nitrogens with one attached hydrogen (secondary N) is 2. The molecule has 0 aliphatic rings. The van der Waals surface area contributed by atoms with Crippen LogP contribution in [0.4, 0.5) is 0 Å². The molecule has 0 aliphatic heterocycles. The number of hydrogen-bond acceptors (Lipinski definition) is 3. The molecule has 0 unspecified atom stereocenters. The molecule has 57 valence electrons. The van der Waals surface area contributed by atoms with Gasteiger partial charge in [-0.05, 0) is 13.8 Å². The quantitative estimate of drug-likeness (QED) is 0.458. The van der Waals surface area contributed by atoms with E-state index in [1.165, 1.54) is 0 Å². The van der Waals surface area contributed by atoms with E-state index in [4.69, 9.17) is 5.73 Å². The summed E-state index contributed by atoms with van der Waals surface area (Å²) in [5.74, 6) is -0.167. The van der Waals surface area contributed by atoms with Gasteiger partial charge in [0.15, 0.2) is 5.82 Å². The van der Waals surface area contributed by atoms with Crippen LogP contribution in [0.25, 0.3) is 0 Å². The molecule has 0 saturated carbocycles. The highest BCUT2D eigenvalue weighted by molar-refractivity contribution is 4.87. The van der Waals surface area contributed by atoms with Crippen LogP contribution in [0.15, 0.2) is 12.0 Å². The normalized spacial score (nSPS) is 11.7. The molecular formula is C5H10N3O2. The number of nitrogens with zero attached hydrogens (tertiary/aromatic N) is 1. The second-order valence-corrected chi connectivity index (χ2v) is 2.13. The molecule has 0 rings (SSSR count). The van der Waals surface area contributed by atoms with Crippen molar-refractivity contribution in [2.75, 3.05) is 0 Å². The fraction of sp³-hybridized carbons (Fsp3) is 0.600. The fourth-order valence-corrected chi connectivity index (χ4v) is 0.454. The Labute approximate surface area is 59.1 Å². The average molecular weight is 144 g/mol. The van der Waals surface area contributed by atoms with Crippen LogP contribution in [-0.4, -0.2) is 11.0 Å². The van der Waals surface area contributed by atoms with Gasteiger partial charge in [0.25, 0.3) is 6.20 Å². The summed E-state index contributed by atoms with van der Waals surface area (Å²) in [6.45, 7) is 3.62. The molecule has 5 nitrogen and oxygen atoms in total. The molecule has 0 atom stereocenters. The van der Waals surface area contributed by atoms with E-state index in [9.17, 15) is 10.1 Å². The molecule has 2 N–H and O–H groups in total. The predicted octanol–water partition coefficient (Wildman–Crippen LogP) is 0.343. The van der Waals surface area contributed by atoms with Gasteiger partial charge in [0.1, 0.15) is 0 Å². The van der Waals surface area contributed by atoms with E-state index < -0.39 is 4.92 Å². The lowest BCUT2D eigenvalue weighted by atomic mass is 10.4. The fourth-order valence-electron chi connectivity index (χ4n) is 0.454. The third-order valence-corrected chi connectivity index (χ3v) is 0.679. The summed E-state index contributed by atoms with van der Waals surface area (Å²) >= 11 is 0. The lowest BCUT2D eigenvalue weighted by Gasteiger charge is -2.04. The maximum absolute atomic E-state index is 9.76. The van der Waals surface area contributed by atoms with Gasteiger partial charge in [-0.2, -0.15) is 0 Å². The second-order valence-electron chi connectivity index (χ2n) is 2.13. The summed E-state index contributed by atoms with van der Waals surface area (Å²) in [7, 11) is 0. The van der Waals surface area contributed by atoms with E-state index in [1.54, 1.807) is 0 Å². The zero-order chi connectivity index (χ0) is 8.15. The van der Waals surface area contributed by atoms with E-state index >= 15 is 0 Å². The smallest absolute Gasteiger partial charge is 0.275 e. The molecule has 0 spiro atoms. The first-order valence-corrected chi connectivity index (χ1v) is 2.86. The van der Waals surface area contributed by atoms with Crippen LogP contribution in [0.3, 0.4) is 0 Å². The highest BCUT2D eigenvalue weighted by atomic mass is 16.6. The molecule has 0 aromatic carbocycles. The number of nitro groups is 1. The van der Waals surface area contributed by atoms with Gasteiger partial charge in [0.05, 0.1) is 4.92 Å².